The molecule has 3 aromatic rings. The summed E-state index contributed by atoms with van der Waals surface area (Å²) >= 11 is 0. The molecule has 1 heterocycles. The Morgan fingerprint density at radius 2 is 1.87 bits per heavy atom. The lowest BCUT2D eigenvalue weighted by Gasteiger charge is -2.02. The number of H-pyrrole nitrogens is 1. The third-order valence-corrected chi connectivity index (χ3v) is 3.38. The monoisotopic (exact) mass is 309 g/mol. The molecule has 6 nitrogen and oxygen atoms in total. The molecule has 0 aliphatic rings. The van der Waals surface area contributed by atoms with Crippen molar-refractivity contribution < 1.29 is 14.3 Å². The number of ether oxygens (including phenoxy) is 1. The van der Waals surface area contributed by atoms with Crippen molar-refractivity contribution >= 4 is 28.6 Å². The van der Waals surface area contributed by atoms with Crippen molar-refractivity contribution in [2.45, 2.75) is 6.92 Å². The second-order valence-corrected chi connectivity index (χ2v) is 5.07. The highest BCUT2D eigenvalue weighted by atomic mass is 16.5. The summed E-state index contributed by atoms with van der Waals surface area (Å²) in [5.74, 6) is 0.191. The fourth-order valence-corrected chi connectivity index (χ4v) is 2.31. The van der Waals surface area contributed by atoms with Crippen molar-refractivity contribution in [3.8, 4) is 11.4 Å². The molecule has 1 amide bonds. The van der Waals surface area contributed by atoms with Gasteiger partial charge in [-0.05, 0) is 42.5 Å². The number of imidazole rings is 1. The van der Waals surface area contributed by atoms with Crippen molar-refractivity contribution in [2.75, 3.05) is 12.4 Å². The van der Waals surface area contributed by atoms with Crippen molar-refractivity contribution in [2.24, 2.45) is 0 Å². The number of carbonyl (C=O) groups excluding carboxylic acids is 2. The van der Waals surface area contributed by atoms with E-state index in [1.807, 2.05) is 24.3 Å². The number of rotatable bonds is 3. The highest BCUT2D eigenvalue weighted by molar-refractivity contribution is 5.94. The van der Waals surface area contributed by atoms with Crippen molar-refractivity contribution in [3.05, 3.63) is 48.0 Å². The maximum atomic E-state index is 11.6. The van der Waals surface area contributed by atoms with Gasteiger partial charge in [0.05, 0.1) is 23.7 Å². The molecular weight excluding hydrogens is 294 g/mol. The number of nitrogens with zero attached hydrogens (tertiary/aromatic N) is 1. The summed E-state index contributed by atoms with van der Waals surface area (Å²) in [5.41, 5.74) is 3.60. The van der Waals surface area contributed by atoms with Gasteiger partial charge in [-0.25, -0.2) is 9.78 Å². The molecule has 0 spiro atoms. The third-order valence-electron chi connectivity index (χ3n) is 3.38. The minimum absolute atomic E-state index is 0.114. The molecule has 0 unspecified atom stereocenters. The summed E-state index contributed by atoms with van der Waals surface area (Å²) in [5, 5.41) is 2.72. The van der Waals surface area contributed by atoms with E-state index in [9.17, 15) is 9.59 Å². The Morgan fingerprint density at radius 3 is 2.52 bits per heavy atom. The lowest BCUT2D eigenvalue weighted by molar-refractivity contribution is -0.114. The van der Waals surface area contributed by atoms with Crippen LogP contribution in [-0.4, -0.2) is 29.0 Å². The van der Waals surface area contributed by atoms with Crippen LogP contribution in [0.2, 0.25) is 0 Å². The highest BCUT2D eigenvalue weighted by Gasteiger charge is 2.10. The first kappa shape index (κ1) is 14.8. The standard InChI is InChI=1S/C17H15N3O3/c1-10(21)18-13-6-3-11(4-7-13)16-19-14-8-5-12(17(22)23-2)9-15(14)20-16/h3-9H,1-2H3,(H,18,21)(H,19,20). The van der Waals surface area contributed by atoms with Crippen molar-refractivity contribution in [1.82, 2.24) is 9.97 Å². The van der Waals surface area contributed by atoms with Gasteiger partial charge in [0.1, 0.15) is 5.82 Å². The van der Waals surface area contributed by atoms with Crippen molar-refractivity contribution in [3.63, 3.8) is 0 Å². The molecule has 6 heteroatoms. The normalized spacial score (nSPS) is 10.5. The number of fused-ring (bicyclic) bond motifs is 1. The number of hydrogen-bond acceptors (Lipinski definition) is 4. The number of amides is 1. The molecule has 0 bridgehead atoms. The largest absolute Gasteiger partial charge is 0.465 e. The molecule has 0 saturated carbocycles. The topological polar surface area (TPSA) is 84.1 Å². The number of esters is 1. The van der Waals surface area contributed by atoms with E-state index in [4.69, 9.17) is 4.74 Å². The lowest BCUT2D eigenvalue weighted by Crippen LogP contribution is -2.05. The summed E-state index contributed by atoms with van der Waals surface area (Å²) in [6.45, 7) is 1.46. The Hall–Kier alpha value is -3.15. The third kappa shape index (κ3) is 3.06. The first-order valence-corrected chi connectivity index (χ1v) is 7.03. The molecule has 23 heavy (non-hydrogen) atoms. The van der Waals surface area contributed by atoms with Gasteiger partial charge in [-0.15, -0.1) is 0 Å². The Labute approximate surface area is 132 Å². The van der Waals surface area contributed by atoms with Gasteiger partial charge in [0.2, 0.25) is 5.91 Å². The van der Waals surface area contributed by atoms with Gasteiger partial charge in [0.15, 0.2) is 0 Å². The van der Waals surface area contributed by atoms with E-state index in [-0.39, 0.29) is 11.9 Å². The first-order valence-electron chi connectivity index (χ1n) is 7.03. The molecule has 0 aliphatic carbocycles. The fraction of sp³-hybridized carbons (Fsp3) is 0.118. The average molecular weight is 309 g/mol. The second kappa shape index (κ2) is 5.92. The van der Waals surface area contributed by atoms with E-state index in [1.165, 1.54) is 14.0 Å². The maximum absolute atomic E-state index is 11.6. The van der Waals surface area contributed by atoms with E-state index >= 15 is 0 Å². The smallest absolute Gasteiger partial charge is 0.337 e. The predicted octanol–water partition coefficient (Wildman–Crippen LogP) is 2.97. The van der Waals surface area contributed by atoms with E-state index in [0.29, 0.717) is 11.4 Å². The van der Waals surface area contributed by atoms with Crippen LogP contribution in [0.15, 0.2) is 42.5 Å². The minimum Gasteiger partial charge on any atom is -0.465 e. The molecule has 0 radical (unpaired) electrons. The molecule has 1 aromatic heterocycles. The van der Waals surface area contributed by atoms with Gasteiger partial charge in [-0.3, -0.25) is 4.79 Å². The summed E-state index contributed by atoms with van der Waals surface area (Å²) < 4.78 is 4.71. The highest BCUT2D eigenvalue weighted by Crippen LogP contribution is 2.23. The number of hydrogen-bond donors (Lipinski definition) is 2. The SMILES string of the molecule is COC(=O)c1ccc2nc(-c3ccc(NC(C)=O)cc3)[nH]c2c1. The lowest BCUT2D eigenvalue weighted by atomic mass is 10.2. The molecule has 0 aliphatic heterocycles. The van der Waals surface area contributed by atoms with E-state index in [1.54, 1.807) is 18.2 Å². The van der Waals surface area contributed by atoms with Crippen LogP contribution in [-0.2, 0) is 9.53 Å². The van der Waals surface area contributed by atoms with Crippen LogP contribution in [0.25, 0.3) is 22.4 Å². The van der Waals surface area contributed by atoms with Crippen LogP contribution in [0.4, 0.5) is 5.69 Å². The number of anilines is 1. The Morgan fingerprint density at radius 1 is 1.13 bits per heavy atom. The van der Waals surface area contributed by atoms with Crippen LogP contribution in [0.1, 0.15) is 17.3 Å². The van der Waals surface area contributed by atoms with Gasteiger partial charge in [-0.1, -0.05) is 0 Å². The zero-order chi connectivity index (χ0) is 16.4. The number of carbonyl (C=O) groups is 2. The average Bonchev–Trinajstić information content (AvgIpc) is 2.97. The quantitative estimate of drug-likeness (QED) is 0.728. The van der Waals surface area contributed by atoms with Crippen LogP contribution >= 0.6 is 0 Å². The predicted molar refractivity (Wildman–Crippen MR) is 87.2 cm³/mol. The van der Waals surface area contributed by atoms with Crippen LogP contribution in [0, 0.1) is 0 Å². The summed E-state index contributed by atoms with van der Waals surface area (Å²) in [6, 6.07) is 12.5. The van der Waals surface area contributed by atoms with Gasteiger partial charge >= 0.3 is 5.97 Å². The number of benzene rings is 2. The summed E-state index contributed by atoms with van der Waals surface area (Å²) in [7, 11) is 1.35. The van der Waals surface area contributed by atoms with Crippen LogP contribution in [0.3, 0.4) is 0 Å². The molecule has 3 rings (SSSR count). The van der Waals surface area contributed by atoms with Gasteiger partial charge < -0.3 is 15.0 Å². The second-order valence-electron chi connectivity index (χ2n) is 5.07. The zero-order valence-corrected chi connectivity index (χ0v) is 12.7. The van der Waals surface area contributed by atoms with Crippen LogP contribution < -0.4 is 5.32 Å². The summed E-state index contributed by atoms with van der Waals surface area (Å²) in [6.07, 6.45) is 0. The van der Waals surface area contributed by atoms with E-state index in [0.717, 1.165) is 22.3 Å². The number of aromatic amines is 1. The maximum Gasteiger partial charge on any atom is 0.337 e. The van der Waals surface area contributed by atoms with Gasteiger partial charge in [0.25, 0.3) is 0 Å². The number of aromatic nitrogens is 2. The Bertz CT molecular complexity index is 882. The molecule has 0 fully saturated rings. The number of nitrogens with one attached hydrogen (secondary N) is 2. The molecule has 2 aromatic carbocycles. The first-order chi connectivity index (χ1) is 11.1. The van der Waals surface area contributed by atoms with Crippen LogP contribution in [0.5, 0.6) is 0 Å². The minimum atomic E-state index is -0.386. The van der Waals surface area contributed by atoms with Gasteiger partial charge in [-0.2, -0.15) is 0 Å². The molecule has 116 valence electrons. The molecular formula is C17H15N3O3. The fourth-order valence-electron chi connectivity index (χ4n) is 2.31. The number of methoxy groups -OCH3 is 1. The summed E-state index contributed by atoms with van der Waals surface area (Å²) in [4.78, 5) is 30.3. The Kier molecular flexibility index (Phi) is 3.80. The van der Waals surface area contributed by atoms with Gasteiger partial charge in [0, 0.05) is 18.2 Å². The molecule has 0 saturated heterocycles. The van der Waals surface area contributed by atoms with E-state index < -0.39 is 0 Å². The Balaban J connectivity index is 1.93. The van der Waals surface area contributed by atoms with Crippen molar-refractivity contribution in [1.29, 1.82) is 0 Å². The molecule has 0 atom stereocenters. The zero-order valence-electron chi connectivity index (χ0n) is 12.7. The molecule has 2 N–H and O–H groups in total. The van der Waals surface area contributed by atoms with E-state index in [2.05, 4.69) is 15.3 Å².